The third-order valence-corrected chi connectivity index (χ3v) is 4.70. The van der Waals surface area contributed by atoms with Gasteiger partial charge in [0, 0.05) is 6.54 Å². The lowest BCUT2D eigenvalue weighted by molar-refractivity contribution is 0.0708. The third-order valence-electron chi connectivity index (χ3n) is 4.70. The highest BCUT2D eigenvalue weighted by Gasteiger charge is 2.37. The second-order valence-corrected chi connectivity index (χ2v) is 6.47. The summed E-state index contributed by atoms with van der Waals surface area (Å²) in [4.78, 5) is 23.6. The van der Waals surface area contributed by atoms with Gasteiger partial charge in [0.2, 0.25) is 0 Å². The summed E-state index contributed by atoms with van der Waals surface area (Å²) in [5.74, 6) is 0.533. The first-order valence-electron chi connectivity index (χ1n) is 8.35. The summed E-state index contributed by atoms with van der Waals surface area (Å²) in [7, 11) is 1.61. The van der Waals surface area contributed by atoms with Gasteiger partial charge in [-0.3, -0.25) is 9.78 Å². The quantitative estimate of drug-likeness (QED) is 0.927. The first-order chi connectivity index (χ1) is 11.9. The molecule has 0 aliphatic carbocycles. The average molecular weight is 341 g/mol. The number of aliphatic hydroxyl groups is 1. The molecule has 3 rings (SSSR count). The van der Waals surface area contributed by atoms with Gasteiger partial charge < -0.3 is 14.7 Å². The molecule has 6 heteroatoms. The Bertz CT molecular complexity index is 806. The fourth-order valence-corrected chi connectivity index (χ4v) is 3.26. The van der Waals surface area contributed by atoms with Crippen LogP contribution in [0.3, 0.4) is 0 Å². The van der Waals surface area contributed by atoms with Gasteiger partial charge in [0.1, 0.15) is 11.4 Å². The second kappa shape index (κ2) is 6.80. The van der Waals surface area contributed by atoms with Crippen molar-refractivity contribution in [2.75, 3.05) is 13.7 Å². The number of aliphatic hydroxyl groups excluding tert-OH is 1. The molecule has 132 valence electrons. The summed E-state index contributed by atoms with van der Waals surface area (Å²) in [5, 5.41) is 10.2. The molecule has 6 nitrogen and oxygen atoms in total. The molecular formula is C19H23N3O3. The summed E-state index contributed by atoms with van der Waals surface area (Å²) >= 11 is 0. The van der Waals surface area contributed by atoms with Crippen molar-refractivity contribution in [1.82, 2.24) is 14.9 Å². The zero-order chi connectivity index (χ0) is 18.1. The molecule has 0 saturated carbocycles. The van der Waals surface area contributed by atoms with Gasteiger partial charge in [0.15, 0.2) is 0 Å². The predicted molar refractivity (Wildman–Crippen MR) is 93.6 cm³/mol. The van der Waals surface area contributed by atoms with E-state index < -0.39 is 6.10 Å². The number of rotatable bonds is 3. The zero-order valence-corrected chi connectivity index (χ0v) is 15.0. The largest absolute Gasteiger partial charge is 0.497 e. The molecule has 0 unspecified atom stereocenters. The van der Waals surface area contributed by atoms with Gasteiger partial charge in [-0.1, -0.05) is 12.1 Å². The van der Waals surface area contributed by atoms with Gasteiger partial charge in [0.05, 0.1) is 36.3 Å². The molecule has 0 bridgehead atoms. The molecule has 2 heterocycles. The van der Waals surface area contributed by atoms with Crippen LogP contribution in [0.25, 0.3) is 0 Å². The Hall–Kier alpha value is -2.47. The van der Waals surface area contributed by atoms with Gasteiger partial charge in [-0.05, 0) is 44.9 Å². The van der Waals surface area contributed by atoms with Crippen LogP contribution in [0.15, 0.2) is 24.3 Å². The maximum atomic E-state index is 13.1. The standard InChI is InChI=1S/C19H23N3O3/c1-11-12(2)21-18(13(3)20-11)19(24)22-10-15(23)9-17(22)14-6-5-7-16(8-14)25-4/h5-8,15,17,23H,9-10H2,1-4H3/t15-,17+/m0/s1. The number of ether oxygens (including phenoxy) is 1. The van der Waals surface area contributed by atoms with Gasteiger partial charge in [-0.2, -0.15) is 0 Å². The summed E-state index contributed by atoms with van der Waals surface area (Å²) in [6.07, 6.45) is -0.0593. The van der Waals surface area contributed by atoms with Crippen molar-refractivity contribution < 1.29 is 14.6 Å². The molecule has 0 spiro atoms. The maximum Gasteiger partial charge on any atom is 0.274 e. The Morgan fingerprint density at radius 3 is 2.64 bits per heavy atom. The molecule has 1 aliphatic heterocycles. The molecule has 1 amide bonds. The van der Waals surface area contributed by atoms with Gasteiger partial charge in [-0.25, -0.2) is 4.98 Å². The van der Waals surface area contributed by atoms with Gasteiger partial charge >= 0.3 is 0 Å². The van der Waals surface area contributed by atoms with E-state index in [1.165, 1.54) is 0 Å². The van der Waals surface area contributed by atoms with Crippen molar-refractivity contribution in [3.63, 3.8) is 0 Å². The number of β-amino-alcohol motifs (C(OH)–C–C–N with tert-alkyl or cyclic N) is 1. The Labute approximate surface area is 147 Å². The number of methoxy groups -OCH3 is 1. The van der Waals surface area contributed by atoms with E-state index in [4.69, 9.17) is 4.74 Å². The van der Waals surface area contributed by atoms with Crippen LogP contribution in [0.1, 0.15) is 45.6 Å². The van der Waals surface area contributed by atoms with Crippen LogP contribution in [0, 0.1) is 20.8 Å². The summed E-state index contributed by atoms with van der Waals surface area (Å²) in [6.45, 7) is 5.80. The zero-order valence-electron chi connectivity index (χ0n) is 15.0. The molecular weight excluding hydrogens is 318 g/mol. The molecule has 1 saturated heterocycles. The minimum atomic E-state index is -0.556. The summed E-state index contributed by atoms with van der Waals surface area (Å²) < 4.78 is 5.28. The van der Waals surface area contributed by atoms with E-state index in [9.17, 15) is 9.90 Å². The Balaban J connectivity index is 1.96. The summed E-state index contributed by atoms with van der Waals surface area (Å²) in [6, 6.07) is 7.40. The monoisotopic (exact) mass is 341 g/mol. The fourth-order valence-electron chi connectivity index (χ4n) is 3.26. The number of hydrogen-bond donors (Lipinski definition) is 1. The summed E-state index contributed by atoms with van der Waals surface area (Å²) in [5.41, 5.74) is 3.47. The highest BCUT2D eigenvalue weighted by atomic mass is 16.5. The number of benzene rings is 1. The highest BCUT2D eigenvalue weighted by Crippen LogP contribution is 2.34. The number of aromatic nitrogens is 2. The molecule has 1 aromatic heterocycles. The van der Waals surface area contributed by atoms with Crippen molar-refractivity contribution in [3.05, 3.63) is 52.6 Å². The number of hydrogen-bond acceptors (Lipinski definition) is 5. The molecule has 2 aromatic rings. The van der Waals surface area contributed by atoms with Crippen molar-refractivity contribution in [2.24, 2.45) is 0 Å². The lowest BCUT2D eigenvalue weighted by atomic mass is 10.0. The van der Waals surface area contributed by atoms with Crippen molar-refractivity contribution >= 4 is 5.91 Å². The van der Waals surface area contributed by atoms with E-state index in [2.05, 4.69) is 9.97 Å². The minimum absolute atomic E-state index is 0.197. The Kier molecular flexibility index (Phi) is 4.72. The van der Waals surface area contributed by atoms with Crippen molar-refractivity contribution in [1.29, 1.82) is 0 Å². The first kappa shape index (κ1) is 17.4. The lowest BCUT2D eigenvalue weighted by Crippen LogP contribution is -2.33. The SMILES string of the molecule is COc1cccc([C@H]2C[C@H](O)CN2C(=O)c2nc(C)c(C)nc2C)c1. The van der Waals surface area contributed by atoms with E-state index >= 15 is 0 Å². The number of amides is 1. The third kappa shape index (κ3) is 3.35. The van der Waals surface area contributed by atoms with Crippen LogP contribution in [-0.2, 0) is 0 Å². The molecule has 2 atom stereocenters. The van der Waals surface area contributed by atoms with E-state index in [-0.39, 0.29) is 18.5 Å². The smallest absolute Gasteiger partial charge is 0.274 e. The van der Waals surface area contributed by atoms with E-state index in [1.54, 1.807) is 18.9 Å². The minimum Gasteiger partial charge on any atom is -0.497 e. The van der Waals surface area contributed by atoms with Gasteiger partial charge in [-0.15, -0.1) is 0 Å². The van der Waals surface area contributed by atoms with Gasteiger partial charge in [0.25, 0.3) is 5.91 Å². The molecule has 1 aromatic carbocycles. The molecule has 1 fully saturated rings. The normalized spacial score (nSPS) is 20.0. The predicted octanol–water partition coefficient (Wildman–Crippen LogP) is 2.36. The van der Waals surface area contributed by atoms with Crippen molar-refractivity contribution in [3.8, 4) is 5.75 Å². The Morgan fingerprint density at radius 1 is 1.20 bits per heavy atom. The Morgan fingerprint density at radius 2 is 1.92 bits per heavy atom. The van der Waals surface area contributed by atoms with Crippen LogP contribution < -0.4 is 4.74 Å². The van der Waals surface area contributed by atoms with E-state index in [1.807, 2.05) is 38.1 Å². The fraction of sp³-hybridized carbons (Fsp3) is 0.421. The lowest BCUT2D eigenvalue weighted by Gasteiger charge is -2.25. The highest BCUT2D eigenvalue weighted by molar-refractivity contribution is 5.94. The van der Waals surface area contributed by atoms with E-state index in [0.29, 0.717) is 17.8 Å². The molecule has 1 aliphatic rings. The van der Waals surface area contributed by atoms with Crippen LogP contribution in [0.2, 0.25) is 0 Å². The van der Waals surface area contributed by atoms with Crippen LogP contribution in [0.5, 0.6) is 5.75 Å². The van der Waals surface area contributed by atoms with Crippen molar-refractivity contribution in [2.45, 2.75) is 39.3 Å². The topological polar surface area (TPSA) is 75.6 Å². The maximum absolute atomic E-state index is 13.1. The molecule has 1 N–H and O–H groups in total. The number of carbonyl (C=O) groups is 1. The first-order valence-corrected chi connectivity index (χ1v) is 8.35. The number of aryl methyl sites for hydroxylation is 3. The number of carbonyl (C=O) groups excluding carboxylic acids is 1. The van der Waals surface area contributed by atoms with Crippen LogP contribution >= 0.6 is 0 Å². The average Bonchev–Trinajstić information content (AvgIpc) is 2.99. The van der Waals surface area contributed by atoms with Crippen LogP contribution in [-0.4, -0.2) is 45.6 Å². The number of nitrogens with zero attached hydrogens (tertiary/aromatic N) is 3. The number of likely N-dealkylation sites (tertiary alicyclic amines) is 1. The van der Waals surface area contributed by atoms with E-state index in [0.717, 1.165) is 22.7 Å². The second-order valence-electron chi connectivity index (χ2n) is 6.47. The molecule has 0 radical (unpaired) electrons. The molecule has 25 heavy (non-hydrogen) atoms. The van der Waals surface area contributed by atoms with Crippen LogP contribution in [0.4, 0.5) is 0 Å².